The van der Waals surface area contributed by atoms with Crippen molar-refractivity contribution in [1.82, 2.24) is 15.5 Å². The molecule has 2 amide bonds. The fourth-order valence-electron chi connectivity index (χ4n) is 7.09. The zero-order valence-electron chi connectivity index (χ0n) is 26.8. The number of alkyl halides is 3. The Balaban J connectivity index is 1.03. The Kier molecular flexibility index (Phi) is 10.2. The van der Waals surface area contributed by atoms with Gasteiger partial charge in [0.1, 0.15) is 24.3 Å². The molecule has 1 aliphatic heterocycles. The van der Waals surface area contributed by atoms with Crippen molar-refractivity contribution in [1.29, 1.82) is 0 Å². The van der Waals surface area contributed by atoms with E-state index in [0.29, 0.717) is 30.8 Å². The van der Waals surface area contributed by atoms with Crippen LogP contribution >= 0.6 is 0 Å². The minimum atomic E-state index is -4.50. The predicted octanol–water partition coefficient (Wildman–Crippen LogP) is 7.28. The molecule has 4 aromatic rings. The molecule has 48 heavy (non-hydrogen) atoms. The number of fused-ring (bicyclic) bond motifs is 3. The molecule has 1 fully saturated rings. The molecule has 0 unspecified atom stereocenters. The molecule has 9 heteroatoms. The van der Waals surface area contributed by atoms with E-state index in [1.165, 1.54) is 0 Å². The Morgan fingerprint density at radius 1 is 0.792 bits per heavy atom. The molecular weight excluding hydrogens is 615 g/mol. The van der Waals surface area contributed by atoms with E-state index < -0.39 is 24.0 Å². The zero-order chi connectivity index (χ0) is 33.6. The Morgan fingerprint density at radius 2 is 1.40 bits per heavy atom. The molecule has 0 saturated carbocycles. The minimum absolute atomic E-state index is 0.0445. The summed E-state index contributed by atoms with van der Waals surface area (Å²) in [6.45, 7) is 1.46. The Hall–Kier alpha value is -4.63. The van der Waals surface area contributed by atoms with Gasteiger partial charge in [-0.2, -0.15) is 13.2 Å². The number of hydrogen-bond donors (Lipinski definition) is 2. The van der Waals surface area contributed by atoms with Crippen LogP contribution in [0.3, 0.4) is 0 Å². The second-order valence-corrected chi connectivity index (χ2v) is 12.6. The molecule has 0 spiro atoms. The van der Waals surface area contributed by atoms with Crippen LogP contribution in [0.15, 0.2) is 103 Å². The summed E-state index contributed by atoms with van der Waals surface area (Å²) in [4.78, 5) is 29.3. The van der Waals surface area contributed by atoms with Gasteiger partial charge in [-0.1, -0.05) is 97.4 Å². The van der Waals surface area contributed by atoms with Gasteiger partial charge in [-0.3, -0.25) is 9.59 Å². The van der Waals surface area contributed by atoms with Gasteiger partial charge in [0.2, 0.25) is 5.91 Å². The standard InChI is InChI=1S/C39H40F3N3O3/c40-39(41,42)27-43-37(47)38(33-17-7-4-14-30(33)31-15-5-8-18-34(31)38)22-10-11-23-45-24-20-29(21-25-45)44-36(46)32-16-6-9-19-35(32)48-26-28-12-2-1-3-13-28/h1-9,12-19,29H,10-11,20-27H2,(H,43,47)(H,44,46). The lowest BCUT2D eigenvalue weighted by atomic mass is 9.73. The number of halogens is 3. The molecule has 1 aliphatic carbocycles. The van der Waals surface area contributed by atoms with Crippen molar-refractivity contribution >= 4 is 11.8 Å². The molecule has 2 aliphatic rings. The molecule has 6 nitrogen and oxygen atoms in total. The van der Waals surface area contributed by atoms with Crippen LogP contribution in [0.4, 0.5) is 13.2 Å². The number of amides is 2. The van der Waals surface area contributed by atoms with Crippen molar-refractivity contribution in [2.24, 2.45) is 0 Å². The number of piperidine rings is 1. The maximum absolute atomic E-state index is 13.7. The van der Waals surface area contributed by atoms with Crippen LogP contribution in [0, 0.1) is 0 Å². The lowest BCUT2D eigenvalue weighted by molar-refractivity contribution is -0.141. The average molecular weight is 656 g/mol. The molecule has 2 N–H and O–H groups in total. The number of nitrogens with one attached hydrogen (secondary N) is 2. The first-order valence-electron chi connectivity index (χ1n) is 16.6. The van der Waals surface area contributed by atoms with E-state index >= 15 is 0 Å². The highest BCUT2D eigenvalue weighted by Gasteiger charge is 2.49. The maximum atomic E-state index is 13.7. The Morgan fingerprint density at radius 3 is 2.06 bits per heavy atom. The van der Waals surface area contributed by atoms with Crippen molar-refractivity contribution in [2.45, 2.75) is 56.3 Å². The SMILES string of the molecule is O=C(NC1CCN(CCCCC2(C(=O)NCC(F)(F)F)c3ccccc3-c3ccccc32)CC1)c1ccccc1OCc1ccccc1. The van der Waals surface area contributed by atoms with Gasteiger partial charge in [0.05, 0.1) is 5.56 Å². The van der Waals surface area contributed by atoms with E-state index in [1.54, 1.807) is 6.07 Å². The van der Waals surface area contributed by atoms with Gasteiger partial charge >= 0.3 is 6.18 Å². The minimum Gasteiger partial charge on any atom is -0.488 e. The van der Waals surface area contributed by atoms with E-state index in [9.17, 15) is 22.8 Å². The molecule has 1 saturated heterocycles. The summed E-state index contributed by atoms with van der Waals surface area (Å²) in [5.41, 5.74) is 3.66. The summed E-state index contributed by atoms with van der Waals surface area (Å²) >= 11 is 0. The van der Waals surface area contributed by atoms with Gasteiger partial charge < -0.3 is 20.3 Å². The quantitative estimate of drug-likeness (QED) is 0.158. The predicted molar refractivity (Wildman–Crippen MR) is 180 cm³/mol. The van der Waals surface area contributed by atoms with Gasteiger partial charge in [0.15, 0.2) is 0 Å². The highest BCUT2D eigenvalue weighted by atomic mass is 19.4. The fourth-order valence-corrected chi connectivity index (χ4v) is 7.09. The summed E-state index contributed by atoms with van der Waals surface area (Å²) < 4.78 is 45.5. The molecule has 0 bridgehead atoms. The highest BCUT2D eigenvalue weighted by molar-refractivity contribution is 6.00. The van der Waals surface area contributed by atoms with E-state index in [-0.39, 0.29) is 11.9 Å². The number of unbranched alkanes of at least 4 members (excludes halogenated alkanes) is 1. The van der Waals surface area contributed by atoms with Crippen molar-refractivity contribution in [3.8, 4) is 16.9 Å². The van der Waals surface area contributed by atoms with Crippen molar-refractivity contribution in [3.05, 3.63) is 125 Å². The average Bonchev–Trinajstić information content (AvgIpc) is 3.39. The van der Waals surface area contributed by atoms with Crippen molar-refractivity contribution < 1.29 is 27.5 Å². The van der Waals surface area contributed by atoms with Crippen molar-refractivity contribution in [3.63, 3.8) is 0 Å². The fraction of sp³-hybridized carbons (Fsp3) is 0.333. The van der Waals surface area contributed by atoms with Crippen LogP contribution in [0.5, 0.6) is 5.75 Å². The number of hydrogen-bond acceptors (Lipinski definition) is 4. The van der Waals surface area contributed by atoms with E-state index in [0.717, 1.165) is 66.7 Å². The number of rotatable bonds is 12. The maximum Gasteiger partial charge on any atom is 0.405 e. The van der Waals surface area contributed by atoms with Gasteiger partial charge in [-0.05, 0) is 72.2 Å². The molecule has 0 atom stereocenters. The van der Waals surface area contributed by atoms with Crippen LogP contribution < -0.4 is 15.4 Å². The van der Waals surface area contributed by atoms with Crippen LogP contribution in [0.25, 0.3) is 11.1 Å². The second-order valence-electron chi connectivity index (χ2n) is 12.6. The lowest BCUT2D eigenvalue weighted by Gasteiger charge is -2.33. The van der Waals surface area contributed by atoms with E-state index in [2.05, 4.69) is 15.5 Å². The largest absolute Gasteiger partial charge is 0.488 e. The number of benzene rings is 4. The van der Waals surface area contributed by atoms with Gasteiger partial charge in [0, 0.05) is 19.1 Å². The summed E-state index contributed by atoms with van der Waals surface area (Å²) in [6.07, 6.45) is -1.02. The number of nitrogens with zero attached hydrogens (tertiary/aromatic N) is 1. The number of carbonyl (C=O) groups is 2. The molecule has 0 radical (unpaired) electrons. The summed E-state index contributed by atoms with van der Waals surface area (Å²) in [6, 6.07) is 32.2. The third-order valence-electron chi connectivity index (χ3n) is 9.47. The normalized spacial score (nSPS) is 15.7. The highest BCUT2D eigenvalue weighted by Crippen LogP contribution is 2.51. The van der Waals surface area contributed by atoms with Gasteiger partial charge in [-0.15, -0.1) is 0 Å². The molecule has 6 rings (SSSR count). The lowest BCUT2D eigenvalue weighted by Crippen LogP contribution is -2.47. The topological polar surface area (TPSA) is 70.7 Å². The first-order valence-corrected chi connectivity index (χ1v) is 16.6. The molecule has 0 aromatic heterocycles. The first kappa shape index (κ1) is 33.3. The van der Waals surface area contributed by atoms with Crippen LogP contribution in [0.2, 0.25) is 0 Å². The monoisotopic (exact) mass is 655 g/mol. The zero-order valence-corrected chi connectivity index (χ0v) is 26.8. The van der Waals surface area contributed by atoms with Crippen LogP contribution in [0.1, 0.15) is 59.2 Å². The summed E-state index contributed by atoms with van der Waals surface area (Å²) in [5, 5.41) is 5.40. The number of ether oxygens (including phenoxy) is 1. The Bertz CT molecular complexity index is 1670. The third-order valence-corrected chi connectivity index (χ3v) is 9.47. The van der Waals surface area contributed by atoms with Gasteiger partial charge in [0.25, 0.3) is 5.91 Å². The number of para-hydroxylation sites is 1. The number of carbonyl (C=O) groups excluding carboxylic acids is 2. The van der Waals surface area contributed by atoms with Crippen molar-refractivity contribution in [2.75, 3.05) is 26.2 Å². The summed E-state index contributed by atoms with van der Waals surface area (Å²) in [5.74, 6) is -0.210. The van der Waals surface area contributed by atoms with Crippen LogP contribution in [-0.4, -0.2) is 55.1 Å². The first-order chi connectivity index (χ1) is 23.2. The number of likely N-dealkylation sites (tertiary alicyclic amines) is 1. The Labute approximate surface area is 279 Å². The van der Waals surface area contributed by atoms with Crippen LogP contribution in [-0.2, 0) is 16.8 Å². The smallest absolute Gasteiger partial charge is 0.405 e. The molecule has 4 aromatic carbocycles. The summed E-state index contributed by atoms with van der Waals surface area (Å²) in [7, 11) is 0. The second kappa shape index (κ2) is 14.6. The molecular formula is C39H40F3N3O3. The van der Waals surface area contributed by atoms with E-state index in [4.69, 9.17) is 4.74 Å². The van der Waals surface area contributed by atoms with Gasteiger partial charge in [-0.25, -0.2) is 0 Å². The molecule has 250 valence electrons. The molecule has 1 heterocycles. The van der Waals surface area contributed by atoms with E-state index in [1.807, 2.05) is 97.1 Å². The third kappa shape index (κ3) is 7.41.